The average molecular weight is 642 g/mol. The predicted octanol–water partition coefficient (Wildman–Crippen LogP) is 8.21. The van der Waals surface area contributed by atoms with Crippen LogP contribution in [-0.4, -0.2) is 31.7 Å². The third kappa shape index (κ3) is 6.75. The van der Waals surface area contributed by atoms with Crippen LogP contribution in [-0.2, 0) is 17.6 Å². The molecule has 6 heteroatoms. The van der Waals surface area contributed by atoms with E-state index in [2.05, 4.69) is 93.6 Å². The molecule has 1 atom stereocenters. The summed E-state index contributed by atoms with van der Waals surface area (Å²) in [4.78, 5) is 15.0. The van der Waals surface area contributed by atoms with Crippen molar-refractivity contribution in [1.29, 1.82) is 0 Å². The van der Waals surface area contributed by atoms with Gasteiger partial charge in [-0.2, -0.15) is 0 Å². The van der Waals surface area contributed by atoms with Gasteiger partial charge < -0.3 is 14.3 Å². The van der Waals surface area contributed by atoms with Crippen molar-refractivity contribution in [3.8, 4) is 5.75 Å². The van der Waals surface area contributed by atoms with E-state index in [1.165, 1.54) is 10.4 Å². The van der Waals surface area contributed by atoms with E-state index in [1.54, 1.807) is 4.90 Å². The van der Waals surface area contributed by atoms with E-state index < -0.39 is 20.0 Å². The molecule has 1 N–H and O–H groups in total. The number of anilines is 2. The van der Waals surface area contributed by atoms with Gasteiger partial charge in [0.05, 0.1) is 23.6 Å². The highest BCUT2D eigenvalue weighted by Gasteiger charge is 2.52. The molecule has 0 aromatic heterocycles. The van der Waals surface area contributed by atoms with Gasteiger partial charge in [-0.25, -0.2) is 9.69 Å². The Kier molecular flexibility index (Phi) is 9.35. The summed E-state index contributed by atoms with van der Waals surface area (Å²) < 4.78 is 13.2. The van der Waals surface area contributed by atoms with Crippen LogP contribution >= 0.6 is 0 Å². The number of rotatable bonds is 9. The van der Waals surface area contributed by atoms with Crippen LogP contribution in [0.25, 0.3) is 0 Å². The number of aliphatic hydroxyl groups is 1. The molecule has 5 aromatic rings. The minimum Gasteiger partial charge on any atom is -0.534 e. The molecule has 0 saturated carbocycles. The number of carbonyl (C=O) groups excluding carboxylic acids is 1. The molecular weight excluding hydrogens is 599 g/mol. The lowest BCUT2D eigenvalue weighted by Crippen LogP contribution is -2.69. The number of hydrogen-bond acceptors (Lipinski definition) is 4. The van der Waals surface area contributed by atoms with Gasteiger partial charge in [-0.15, -0.1) is 0 Å². The minimum atomic E-state index is -2.81. The van der Waals surface area contributed by atoms with Crippen molar-refractivity contribution in [2.45, 2.75) is 57.1 Å². The summed E-state index contributed by atoms with van der Waals surface area (Å²) in [5, 5.41) is 14.1. The Hall–Kier alpha value is -4.65. The Morgan fingerprint density at radius 2 is 1.26 bits per heavy atom. The molecular formula is C41H43NO4Si. The van der Waals surface area contributed by atoms with Gasteiger partial charge in [-0.05, 0) is 69.7 Å². The summed E-state index contributed by atoms with van der Waals surface area (Å²) in [6.07, 6.45) is 1.57. The van der Waals surface area contributed by atoms with Crippen molar-refractivity contribution >= 4 is 36.2 Å². The lowest BCUT2D eigenvalue weighted by Gasteiger charge is -2.44. The molecule has 47 heavy (non-hydrogen) atoms. The summed E-state index contributed by atoms with van der Waals surface area (Å²) in [7, 11) is -2.81. The largest absolute Gasteiger partial charge is 0.534 e. The first-order chi connectivity index (χ1) is 22.7. The van der Waals surface area contributed by atoms with Crippen LogP contribution in [0.3, 0.4) is 0 Å². The summed E-state index contributed by atoms with van der Waals surface area (Å²) in [5.74, 6) is 0.895. The van der Waals surface area contributed by atoms with E-state index in [-0.39, 0.29) is 11.6 Å². The molecule has 0 aliphatic heterocycles. The maximum Gasteiger partial charge on any atom is 0.418 e. The SMILES string of the molecule is CC(C)(C)[Si](Oc1cccc2c1CCC(O)(CCOC(=O)N(c1ccccc1)c1ccccc1)C2)(c1ccccc1)c1ccccc1. The zero-order valence-corrected chi connectivity index (χ0v) is 28.4. The van der Waals surface area contributed by atoms with Crippen LogP contribution in [0.4, 0.5) is 16.2 Å². The molecule has 0 fully saturated rings. The van der Waals surface area contributed by atoms with Crippen molar-refractivity contribution in [3.63, 3.8) is 0 Å². The fraction of sp³-hybridized carbons (Fsp3) is 0.244. The van der Waals surface area contributed by atoms with Crippen LogP contribution in [0.15, 0.2) is 140 Å². The van der Waals surface area contributed by atoms with E-state index in [0.717, 1.165) is 28.3 Å². The van der Waals surface area contributed by atoms with Crippen molar-refractivity contribution < 1.29 is 19.1 Å². The number of ether oxygens (including phenoxy) is 1. The number of fused-ring (bicyclic) bond motifs is 1. The Morgan fingerprint density at radius 1 is 0.745 bits per heavy atom. The molecule has 1 unspecified atom stereocenters. The van der Waals surface area contributed by atoms with E-state index in [0.29, 0.717) is 25.7 Å². The summed E-state index contributed by atoms with van der Waals surface area (Å²) in [5.41, 5.74) is 2.69. The molecule has 0 bridgehead atoms. The summed E-state index contributed by atoms with van der Waals surface area (Å²) in [6, 6.07) is 46.5. The lowest BCUT2D eigenvalue weighted by atomic mass is 9.78. The summed E-state index contributed by atoms with van der Waals surface area (Å²) >= 11 is 0. The minimum absolute atomic E-state index is 0.110. The maximum absolute atomic E-state index is 13.4. The topological polar surface area (TPSA) is 59.0 Å². The van der Waals surface area contributed by atoms with Crippen LogP contribution in [0.5, 0.6) is 5.75 Å². The molecule has 5 nitrogen and oxygen atoms in total. The smallest absolute Gasteiger partial charge is 0.418 e. The second-order valence-corrected chi connectivity index (χ2v) is 17.7. The number of amides is 1. The first kappa shape index (κ1) is 32.3. The molecule has 0 heterocycles. The molecule has 0 saturated heterocycles. The van der Waals surface area contributed by atoms with Crippen molar-refractivity contribution in [3.05, 3.63) is 151 Å². The third-order valence-corrected chi connectivity index (χ3v) is 14.2. The van der Waals surface area contributed by atoms with Crippen molar-refractivity contribution in [2.75, 3.05) is 11.5 Å². The number of benzene rings is 5. The number of carbonyl (C=O) groups is 1. The molecule has 1 amide bonds. The van der Waals surface area contributed by atoms with E-state index >= 15 is 0 Å². The second kappa shape index (κ2) is 13.6. The average Bonchev–Trinajstić information content (AvgIpc) is 3.08. The molecule has 1 aliphatic carbocycles. The van der Waals surface area contributed by atoms with E-state index in [1.807, 2.05) is 66.7 Å². The highest BCUT2D eigenvalue weighted by Crippen LogP contribution is 2.41. The standard InChI is InChI=1S/C41H43NO4Si/c1-40(2,3)47(35-22-12-6-13-23-35,36-24-14-7-15-25-36)46-38-26-16-17-32-31-41(44,28-27-37(32)38)29-30-45-39(43)42(33-18-8-4-9-19-33)34-20-10-5-11-21-34/h4-26,44H,27-31H2,1-3H3. The first-order valence-electron chi connectivity index (χ1n) is 16.4. The molecule has 240 valence electrons. The third-order valence-electron chi connectivity index (χ3n) is 9.27. The van der Waals surface area contributed by atoms with E-state index in [4.69, 9.17) is 9.16 Å². The highest BCUT2D eigenvalue weighted by molar-refractivity contribution is 7.00. The van der Waals surface area contributed by atoms with Gasteiger partial charge >= 0.3 is 14.4 Å². The highest BCUT2D eigenvalue weighted by atomic mass is 28.4. The van der Waals surface area contributed by atoms with Gasteiger partial charge in [0.1, 0.15) is 5.75 Å². The normalized spacial score (nSPS) is 16.2. The molecule has 5 aromatic carbocycles. The zero-order valence-electron chi connectivity index (χ0n) is 27.4. The van der Waals surface area contributed by atoms with Gasteiger partial charge in [0, 0.05) is 12.8 Å². The number of hydrogen-bond donors (Lipinski definition) is 1. The quantitative estimate of drug-likeness (QED) is 0.165. The predicted molar refractivity (Wildman–Crippen MR) is 193 cm³/mol. The van der Waals surface area contributed by atoms with Gasteiger partial charge in [0.2, 0.25) is 0 Å². The Morgan fingerprint density at radius 3 is 1.77 bits per heavy atom. The number of para-hydroxylation sites is 2. The lowest BCUT2D eigenvalue weighted by molar-refractivity contribution is 0.00117. The van der Waals surface area contributed by atoms with Crippen LogP contribution in [0, 0.1) is 0 Å². The van der Waals surface area contributed by atoms with Crippen molar-refractivity contribution in [1.82, 2.24) is 0 Å². The van der Waals surface area contributed by atoms with Crippen LogP contribution < -0.4 is 19.7 Å². The Bertz CT molecular complexity index is 1700. The van der Waals surface area contributed by atoms with Gasteiger partial charge in [-0.3, -0.25) is 0 Å². The molecule has 0 spiro atoms. The second-order valence-electron chi connectivity index (χ2n) is 13.4. The maximum atomic E-state index is 13.4. The van der Waals surface area contributed by atoms with E-state index in [9.17, 15) is 9.90 Å². The fourth-order valence-electron chi connectivity index (χ4n) is 6.89. The van der Waals surface area contributed by atoms with Gasteiger partial charge in [0.25, 0.3) is 0 Å². The van der Waals surface area contributed by atoms with Gasteiger partial charge in [-0.1, -0.05) is 130 Å². The monoisotopic (exact) mass is 641 g/mol. The molecule has 0 radical (unpaired) electrons. The van der Waals surface area contributed by atoms with Crippen LogP contribution in [0.2, 0.25) is 5.04 Å². The first-order valence-corrected chi connectivity index (χ1v) is 18.3. The molecule has 1 aliphatic rings. The van der Waals surface area contributed by atoms with Gasteiger partial charge in [0.15, 0.2) is 0 Å². The molecule has 6 rings (SSSR count). The van der Waals surface area contributed by atoms with Crippen LogP contribution in [0.1, 0.15) is 44.7 Å². The Balaban J connectivity index is 1.22. The summed E-state index contributed by atoms with van der Waals surface area (Å²) in [6.45, 7) is 6.96. The zero-order chi connectivity index (χ0) is 32.9. The fourth-order valence-corrected chi connectivity index (χ4v) is 11.3. The Labute approximate surface area is 279 Å². The van der Waals surface area contributed by atoms with Crippen molar-refractivity contribution in [2.24, 2.45) is 0 Å². The number of nitrogens with zero attached hydrogens (tertiary/aromatic N) is 1.